The average molecular weight is 378 g/mol. The molecule has 1 aromatic rings. The number of piperidine rings is 1. The largest absolute Gasteiger partial charge is 0.326 e. The monoisotopic (exact) mass is 377 g/mol. The van der Waals surface area contributed by atoms with Crippen LogP contribution in [0.3, 0.4) is 0 Å². The Morgan fingerprint density at radius 2 is 1.85 bits per heavy atom. The van der Waals surface area contributed by atoms with Crippen LogP contribution >= 0.6 is 12.4 Å². The smallest absolute Gasteiger partial charge is 0.234 e. The zero-order chi connectivity index (χ0) is 17.6. The lowest BCUT2D eigenvalue weighted by atomic mass is 9.92. The van der Waals surface area contributed by atoms with Gasteiger partial charge in [0.05, 0.1) is 5.69 Å². The van der Waals surface area contributed by atoms with Crippen molar-refractivity contribution in [2.24, 2.45) is 11.3 Å². The third kappa shape index (κ3) is 3.23. The van der Waals surface area contributed by atoms with Gasteiger partial charge in [0.25, 0.3) is 0 Å². The Morgan fingerprint density at radius 1 is 1.19 bits per heavy atom. The number of amides is 3. The van der Waals surface area contributed by atoms with E-state index in [-0.39, 0.29) is 54.3 Å². The molecular weight excluding hydrogens is 354 g/mol. The highest BCUT2D eigenvalue weighted by Crippen LogP contribution is 2.58. The van der Waals surface area contributed by atoms with E-state index in [2.05, 4.69) is 10.6 Å². The van der Waals surface area contributed by atoms with E-state index in [9.17, 15) is 14.4 Å². The van der Waals surface area contributed by atoms with Crippen LogP contribution in [0.2, 0.25) is 0 Å². The molecule has 140 valence electrons. The highest BCUT2D eigenvalue weighted by Gasteiger charge is 2.57. The molecule has 2 aliphatic heterocycles. The minimum atomic E-state index is -0.174. The fraction of sp³-hybridized carbons (Fsp3) is 0.526. The first-order chi connectivity index (χ1) is 12.0. The zero-order valence-electron chi connectivity index (χ0n) is 14.8. The molecule has 4 rings (SSSR count). The number of halogens is 1. The quantitative estimate of drug-likeness (QED) is 0.793. The summed E-state index contributed by atoms with van der Waals surface area (Å²) in [4.78, 5) is 37.9. The van der Waals surface area contributed by atoms with Gasteiger partial charge in [-0.1, -0.05) is 6.07 Å². The third-order valence-electron chi connectivity index (χ3n) is 5.87. The molecular formula is C19H24ClN3O3. The molecule has 1 unspecified atom stereocenters. The van der Waals surface area contributed by atoms with E-state index in [0.29, 0.717) is 11.4 Å². The molecule has 3 amide bonds. The van der Waals surface area contributed by atoms with Gasteiger partial charge in [0, 0.05) is 24.4 Å². The normalized spacial score (nSPS) is 23.7. The number of hydrogen-bond donors (Lipinski definition) is 2. The first kappa shape index (κ1) is 18.9. The molecule has 1 saturated carbocycles. The van der Waals surface area contributed by atoms with Gasteiger partial charge < -0.3 is 10.6 Å². The molecule has 2 saturated heterocycles. The van der Waals surface area contributed by atoms with Crippen molar-refractivity contribution in [2.45, 2.75) is 39.0 Å². The second kappa shape index (κ2) is 7.00. The van der Waals surface area contributed by atoms with Crippen molar-refractivity contribution in [1.29, 1.82) is 0 Å². The minimum Gasteiger partial charge on any atom is -0.326 e. The second-order valence-corrected chi connectivity index (χ2v) is 7.48. The number of carbonyl (C=O) groups excluding carboxylic acids is 3. The molecule has 26 heavy (non-hydrogen) atoms. The maximum Gasteiger partial charge on any atom is 0.234 e. The second-order valence-electron chi connectivity index (χ2n) is 7.48. The van der Waals surface area contributed by atoms with Crippen LogP contribution in [0, 0.1) is 18.3 Å². The fourth-order valence-corrected chi connectivity index (χ4v) is 4.20. The van der Waals surface area contributed by atoms with Crippen molar-refractivity contribution >= 4 is 41.5 Å². The fourth-order valence-electron chi connectivity index (χ4n) is 4.20. The lowest BCUT2D eigenvalue weighted by Crippen LogP contribution is -2.31. The van der Waals surface area contributed by atoms with Crippen LogP contribution in [0.15, 0.2) is 18.2 Å². The average Bonchev–Trinajstić information content (AvgIpc) is 3.18. The Morgan fingerprint density at radius 3 is 2.50 bits per heavy atom. The number of aryl methyl sites for hydroxylation is 1. The predicted octanol–water partition coefficient (Wildman–Crippen LogP) is 2.40. The number of nitrogens with one attached hydrogen (secondary N) is 2. The summed E-state index contributed by atoms with van der Waals surface area (Å²) in [5.41, 5.74) is 2.26. The molecule has 3 aliphatic rings. The minimum absolute atomic E-state index is 0. The first-order valence-electron chi connectivity index (χ1n) is 8.98. The Balaban J connectivity index is 0.00000196. The van der Waals surface area contributed by atoms with E-state index in [1.165, 1.54) is 4.90 Å². The molecule has 6 nitrogen and oxygen atoms in total. The maximum atomic E-state index is 12.6. The van der Waals surface area contributed by atoms with Gasteiger partial charge in [0.15, 0.2) is 0 Å². The number of hydrogen-bond acceptors (Lipinski definition) is 4. The number of anilines is 2. The van der Waals surface area contributed by atoms with E-state index in [1.54, 1.807) is 6.07 Å². The maximum absolute atomic E-state index is 12.6. The number of carbonyl (C=O) groups is 3. The Kier molecular flexibility index (Phi) is 5.08. The van der Waals surface area contributed by atoms with Crippen molar-refractivity contribution < 1.29 is 14.4 Å². The highest BCUT2D eigenvalue weighted by molar-refractivity contribution is 6.20. The molecule has 0 aromatic heterocycles. The van der Waals surface area contributed by atoms with Crippen molar-refractivity contribution in [3.05, 3.63) is 23.8 Å². The molecule has 0 bridgehead atoms. The number of rotatable bonds is 3. The molecule has 1 aliphatic carbocycles. The summed E-state index contributed by atoms with van der Waals surface area (Å²) in [7, 11) is 0. The number of benzene rings is 1. The summed E-state index contributed by atoms with van der Waals surface area (Å²) >= 11 is 0. The molecule has 3 fully saturated rings. The Hall–Kier alpha value is -1.92. The van der Waals surface area contributed by atoms with Gasteiger partial charge in [-0.3, -0.25) is 19.3 Å². The van der Waals surface area contributed by atoms with Gasteiger partial charge in [-0.25, -0.2) is 0 Å². The van der Waals surface area contributed by atoms with Gasteiger partial charge in [0.1, 0.15) is 0 Å². The molecule has 2 heterocycles. The van der Waals surface area contributed by atoms with Crippen LogP contribution in [-0.2, 0) is 14.4 Å². The molecule has 0 radical (unpaired) electrons. The Bertz CT molecular complexity index is 742. The van der Waals surface area contributed by atoms with Crippen LogP contribution in [0.1, 0.15) is 37.7 Å². The van der Waals surface area contributed by atoms with E-state index in [4.69, 9.17) is 0 Å². The SMILES string of the molecule is Cc1ccc(NC(=O)C2CC23CCNCC3)cc1N1C(=O)CCC1=O.Cl. The van der Waals surface area contributed by atoms with Crippen molar-refractivity contribution in [1.82, 2.24) is 5.32 Å². The summed E-state index contributed by atoms with van der Waals surface area (Å²) in [6, 6.07) is 5.42. The summed E-state index contributed by atoms with van der Waals surface area (Å²) in [5, 5.41) is 6.33. The van der Waals surface area contributed by atoms with Crippen molar-refractivity contribution in [2.75, 3.05) is 23.3 Å². The molecule has 1 atom stereocenters. The summed E-state index contributed by atoms with van der Waals surface area (Å²) < 4.78 is 0. The van der Waals surface area contributed by atoms with E-state index in [1.807, 2.05) is 19.1 Å². The lowest BCUT2D eigenvalue weighted by molar-refractivity contribution is -0.121. The molecule has 7 heteroatoms. The summed E-state index contributed by atoms with van der Waals surface area (Å²) in [6.07, 6.45) is 3.59. The van der Waals surface area contributed by atoms with Crippen LogP contribution in [0.5, 0.6) is 0 Å². The topological polar surface area (TPSA) is 78.5 Å². The number of imide groups is 1. The van der Waals surface area contributed by atoms with Crippen LogP contribution in [0.25, 0.3) is 0 Å². The summed E-state index contributed by atoms with van der Waals surface area (Å²) in [6.45, 7) is 3.83. The van der Waals surface area contributed by atoms with Gasteiger partial charge >= 0.3 is 0 Å². The highest BCUT2D eigenvalue weighted by atomic mass is 35.5. The van der Waals surface area contributed by atoms with Gasteiger partial charge in [-0.15, -0.1) is 12.4 Å². The van der Waals surface area contributed by atoms with Crippen molar-refractivity contribution in [3.8, 4) is 0 Å². The van der Waals surface area contributed by atoms with Crippen molar-refractivity contribution in [3.63, 3.8) is 0 Å². The van der Waals surface area contributed by atoms with Crippen LogP contribution in [-0.4, -0.2) is 30.8 Å². The number of nitrogens with zero attached hydrogens (tertiary/aromatic N) is 1. The standard InChI is InChI=1S/C19H23N3O3.ClH/c1-12-2-3-13(10-15(12)22-16(23)4-5-17(22)24)21-18(25)14-11-19(14)6-8-20-9-7-19;/h2-3,10,14,20H,4-9,11H2,1H3,(H,21,25);1H. The molecule has 1 aromatic carbocycles. The van der Waals surface area contributed by atoms with Gasteiger partial charge in [0.2, 0.25) is 17.7 Å². The molecule has 1 spiro atoms. The molecule has 2 N–H and O–H groups in total. The predicted molar refractivity (Wildman–Crippen MR) is 101 cm³/mol. The van der Waals surface area contributed by atoms with Crippen LogP contribution in [0.4, 0.5) is 11.4 Å². The van der Waals surface area contributed by atoms with E-state index >= 15 is 0 Å². The zero-order valence-corrected chi connectivity index (χ0v) is 15.7. The summed E-state index contributed by atoms with van der Waals surface area (Å²) in [5.74, 6) is -0.218. The van der Waals surface area contributed by atoms with Gasteiger partial charge in [-0.05, 0) is 62.4 Å². The lowest BCUT2D eigenvalue weighted by Gasteiger charge is -2.23. The third-order valence-corrected chi connectivity index (χ3v) is 5.87. The van der Waals surface area contributed by atoms with Gasteiger partial charge in [-0.2, -0.15) is 0 Å². The van der Waals surface area contributed by atoms with E-state index < -0.39 is 0 Å². The van der Waals surface area contributed by atoms with E-state index in [0.717, 1.165) is 37.9 Å². The van der Waals surface area contributed by atoms with Crippen LogP contribution < -0.4 is 15.5 Å². The first-order valence-corrected chi connectivity index (χ1v) is 8.98. The Labute approximate surface area is 159 Å².